The number of nitro groups is 1. The van der Waals surface area contributed by atoms with E-state index in [1.165, 1.54) is 12.1 Å². The molecule has 1 aromatic heterocycles. The Bertz CT molecular complexity index is 1090. The Hall–Kier alpha value is -2.71. The van der Waals surface area contributed by atoms with Crippen molar-refractivity contribution in [2.75, 3.05) is 0 Å². The van der Waals surface area contributed by atoms with Gasteiger partial charge in [-0.1, -0.05) is 12.1 Å². The molecule has 0 saturated heterocycles. The highest BCUT2D eigenvalue weighted by molar-refractivity contribution is 7.71. The smallest absolute Gasteiger partial charge is 0.270 e. The van der Waals surface area contributed by atoms with Crippen LogP contribution in [-0.2, 0) is 0 Å². The van der Waals surface area contributed by atoms with Gasteiger partial charge in [0, 0.05) is 17.7 Å². The summed E-state index contributed by atoms with van der Waals surface area (Å²) >= 11 is 5.50. The third-order valence-corrected chi connectivity index (χ3v) is 5.11. The summed E-state index contributed by atoms with van der Waals surface area (Å²) in [4.78, 5) is 13.9. The van der Waals surface area contributed by atoms with Crippen molar-refractivity contribution in [1.29, 1.82) is 0 Å². The fraction of sp³-hybridized carbons (Fsp3) is 0.278. The van der Waals surface area contributed by atoms with E-state index in [-0.39, 0.29) is 5.69 Å². The van der Waals surface area contributed by atoms with Crippen LogP contribution in [0.3, 0.4) is 0 Å². The number of nitro benzene ring substituents is 1. The number of aliphatic hydroxyl groups is 1. The van der Waals surface area contributed by atoms with E-state index in [1.54, 1.807) is 19.9 Å². The van der Waals surface area contributed by atoms with Crippen LogP contribution in [0.5, 0.6) is 5.75 Å². The van der Waals surface area contributed by atoms with Gasteiger partial charge in [0.05, 0.1) is 22.0 Å². The molecule has 0 bridgehead atoms. The van der Waals surface area contributed by atoms with E-state index in [4.69, 9.17) is 17.0 Å². The summed E-state index contributed by atoms with van der Waals surface area (Å²) in [5, 5.41) is 22.3. The first-order valence-electron chi connectivity index (χ1n) is 8.14. The molecule has 0 saturated carbocycles. The van der Waals surface area contributed by atoms with Crippen LogP contribution >= 0.6 is 12.2 Å². The molecule has 1 aliphatic heterocycles. The number of hydrogen-bond donors (Lipinski definition) is 2. The number of aromatic amines is 1. The fourth-order valence-corrected chi connectivity index (χ4v) is 3.82. The molecule has 0 fully saturated rings. The predicted molar refractivity (Wildman–Crippen MR) is 99.1 cm³/mol. The van der Waals surface area contributed by atoms with Crippen molar-refractivity contribution in [3.05, 3.63) is 62.9 Å². The second-order valence-corrected chi connectivity index (χ2v) is 7.28. The zero-order valence-electron chi connectivity index (χ0n) is 14.2. The topological polar surface area (TPSA) is 93.3 Å². The maximum Gasteiger partial charge on any atom is 0.270 e. The van der Waals surface area contributed by atoms with Crippen LogP contribution in [0.15, 0.2) is 42.5 Å². The number of nitrogens with zero attached hydrogens (tertiary/aromatic N) is 2. The number of non-ortho nitro benzene ring substituents is 1. The van der Waals surface area contributed by atoms with Crippen molar-refractivity contribution >= 4 is 28.9 Å². The molecule has 0 unspecified atom stereocenters. The van der Waals surface area contributed by atoms with Crippen molar-refractivity contribution in [3.8, 4) is 5.75 Å². The summed E-state index contributed by atoms with van der Waals surface area (Å²) in [6, 6.07) is 11.4. The summed E-state index contributed by atoms with van der Waals surface area (Å²) in [6.45, 7) is 3.57. The van der Waals surface area contributed by atoms with Gasteiger partial charge in [0.2, 0.25) is 0 Å². The van der Waals surface area contributed by atoms with Crippen molar-refractivity contribution in [3.63, 3.8) is 0 Å². The molecule has 4 rings (SSSR count). The van der Waals surface area contributed by atoms with Gasteiger partial charge in [0.15, 0.2) is 4.77 Å². The van der Waals surface area contributed by atoms with Crippen molar-refractivity contribution < 1.29 is 14.8 Å². The molecule has 0 amide bonds. The number of H-pyrrole nitrogens is 1. The zero-order valence-corrected chi connectivity index (χ0v) is 15.0. The molecular weight excluding hydrogens is 354 g/mol. The Morgan fingerprint density at radius 2 is 2.04 bits per heavy atom. The van der Waals surface area contributed by atoms with Crippen molar-refractivity contribution in [1.82, 2.24) is 9.55 Å². The third-order valence-electron chi connectivity index (χ3n) is 4.81. The monoisotopic (exact) mass is 371 g/mol. The molecule has 2 heterocycles. The molecule has 7 nitrogen and oxygen atoms in total. The Balaban J connectivity index is 2.03. The van der Waals surface area contributed by atoms with Crippen LogP contribution in [0.2, 0.25) is 0 Å². The average Bonchev–Trinajstić information content (AvgIpc) is 2.91. The van der Waals surface area contributed by atoms with E-state index < -0.39 is 22.7 Å². The van der Waals surface area contributed by atoms with E-state index in [1.807, 2.05) is 28.8 Å². The molecule has 0 spiro atoms. The number of hydrogen-bond acceptors (Lipinski definition) is 5. The first-order chi connectivity index (χ1) is 12.3. The minimum Gasteiger partial charge on any atom is -0.485 e. The lowest BCUT2D eigenvalue weighted by Gasteiger charge is -2.42. The molecule has 1 aliphatic rings. The molecule has 2 atom stereocenters. The van der Waals surface area contributed by atoms with E-state index in [0.29, 0.717) is 16.1 Å². The lowest BCUT2D eigenvalue weighted by molar-refractivity contribution is -0.385. The van der Waals surface area contributed by atoms with Crippen LogP contribution in [-0.4, -0.2) is 31.3 Å². The Kier molecular flexibility index (Phi) is 3.64. The lowest BCUT2D eigenvalue weighted by Crippen LogP contribution is -2.50. The maximum atomic E-state index is 11.2. The quantitative estimate of drug-likeness (QED) is 0.407. The molecule has 134 valence electrons. The molecule has 26 heavy (non-hydrogen) atoms. The first kappa shape index (κ1) is 16.7. The van der Waals surface area contributed by atoms with Gasteiger partial charge in [-0.05, 0) is 44.3 Å². The molecule has 0 aliphatic carbocycles. The number of imidazole rings is 1. The SMILES string of the molecule is CC1(C)Oc2ccc([N+](=O)[O-])cc2[C@H](n2c(=S)[nH]c3ccccc32)[C@H]1O. The Morgan fingerprint density at radius 1 is 1.31 bits per heavy atom. The molecular formula is C18H17N3O4S. The number of para-hydroxylation sites is 2. The van der Waals surface area contributed by atoms with E-state index in [0.717, 1.165) is 11.0 Å². The van der Waals surface area contributed by atoms with Gasteiger partial charge in [-0.25, -0.2) is 0 Å². The van der Waals surface area contributed by atoms with Crippen LogP contribution in [0.1, 0.15) is 25.5 Å². The molecule has 2 aromatic carbocycles. The third kappa shape index (κ3) is 2.41. The molecule has 2 N–H and O–H groups in total. The van der Waals surface area contributed by atoms with Gasteiger partial charge >= 0.3 is 0 Å². The van der Waals surface area contributed by atoms with Gasteiger partial charge in [-0.2, -0.15) is 0 Å². The highest BCUT2D eigenvalue weighted by Gasteiger charge is 2.45. The van der Waals surface area contributed by atoms with Crippen LogP contribution in [0, 0.1) is 14.9 Å². The minimum absolute atomic E-state index is 0.0596. The van der Waals surface area contributed by atoms with Crippen LogP contribution in [0.4, 0.5) is 5.69 Å². The lowest BCUT2D eigenvalue weighted by atomic mass is 9.86. The number of rotatable bonds is 2. The predicted octanol–water partition coefficient (Wildman–Crippen LogP) is 3.73. The second-order valence-electron chi connectivity index (χ2n) is 6.89. The van der Waals surface area contributed by atoms with Crippen LogP contribution in [0.25, 0.3) is 11.0 Å². The molecule has 8 heteroatoms. The van der Waals surface area contributed by atoms with Crippen LogP contribution < -0.4 is 4.74 Å². The van der Waals surface area contributed by atoms with Gasteiger partial charge in [-0.15, -0.1) is 0 Å². The fourth-order valence-electron chi connectivity index (χ4n) is 3.50. The number of ether oxygens (including phenoxy) is 1. The van der Waals surface area contributed by atoms with Crippen molar-refractivity contribution in [2.45, 2.75) is 31.6 Å². The summed E-state index contributed by atoms with van der Waals surface area (Å²) < 4.78 is 8.16. The summed E-state index contributed by atoms with van der Waals surface area (Å²) in [5.74, 6) is 0.503. The summed E-state index contributed by atoms with van der Waals surface area (Å²) in [6.07, 6.45) is -0.956. The number of nitrogens with one attached hydrogen (secondary N) is 1. The molecule has 3 aromatic rings. The zero-order chi connectivity index (χ0) is 18.6. The number of aliphatic hydroxyl groups excluding tert-OH is 1. The maximum absolute atomic E-state index is 11.2. The van der Waals surface area contributed by atoms with Crippen molar-refractivity contribution in [2.24, 2.45) is 0 Å². The minimum atomic E-state index is -0.956. The summed E-state index contributed by atoms with van der Waals surface area (Å²) in [7, 11) is 0. The highest BCUT2D eigenvalue weighted by Crippen LogP contribution is 2.44. The number of fused-ring (bicyclic) bond motifs is 2. The van der Waals surface area contributed by atoms with E-state index in [9.17, 15) is 15.2 Å². The average molecular weight is 371 g/mol. The number of benzene rings is 2. The number of aromatic nitrogens is 2. The summed E-state index contributed by atoms with van der Waals surface area (Å²) in [5.41, 5.74) is 1.24. The largest absolute Gasteiger partial charge is 0.485 e. The standard InChI is InChI=1S/C18H17N3O4S/c1-18(2)16(22)15(11-9-10(21(23)24)7-8-14(11)25-18)20-13-6-4-3-5-12(13)19-17(20)26/h3-9,15-16,22H,1-2H3,(H,19,26)/t15-,16+/m0/s1. The Morgan fingerprint density at radius 3 is 2.77 bits per heavy atom. The van der Waals surface area contributed by atoms with Gasteiger partial charge in [0.1, 0.15) is 17.5 Å². The normalized spacial score (nSPS) is 21.2. The van der Waals surface area contributed by atoms with E-state index >= 15 is 0 Å². The highest BCUT2D eigenvalue weighted by atomic mass is 32.1. The second kappa shape index (κ2) is 5.65. The van der Waals surface area contributed by atoms with Gasteiger partial charge in [0.25, 0.3) is 5.69 Å². The molecule has 0 radical (unpaired) electrons. The van der Waals surface area contributed by atoms with Gasteiger partial charge < -0.3 is 19.4 Å². The van der Waals surface area contributed by atoms with Gasteiger partial charge in [-0.3, -0.25) is 10.1 Å². The Labute approximate surface area is 154 Å². The van der Waals surface area contributed by atoms with E-state index in [2.05, 4.69) is 4.98 Å². The first-order valence-corrected chi connectivity index (χ1v) is 8.55.